The zero-order valence-electron chi connectivity index (χ0n) is 19.8. The van der Waals surface area contributed by atoms with Crippen LogP contribution in [-0.4, -0.2) is 54.5 Å². The minimum absolute atomic E-state index is 0.223. The molecule has 0 spiro atoms. The lowest BCUT2D eigenvalue weighted by Gasteiger charge is -2.15. The SMILES string of the molecule is CNc1cccc(OC(F)(F)F)c1.Cc1cnc(Nc2ccc(OCCN3CCCC3)cc2)nc1. The van der Waals surface area contributed by atoms with E-state index in [1.807, 2.05) is 31.2 Å². The van der Waals surface area contributed by atoms with E-state index in [4.69, 9.17) is 4.74 Å². The van der Waals surface area contributed by atoms with Crippen LogP contribution in [0.25, 0.3) is 0 Å². The van der Waals surface area contributed by atoms with Crippen LogP contribution in [-0.2, 0) is 0 Å². The van der Waals surface area contributed by atoms with Crippen molar-refractivity contribution in [1.82, 2.24) is 14.9 Å². The molecule has 2 heterocycles. The summed E-state index contributed by atoms with van der Waals surface area (Å²) in [5, 5.41) is 5.88. The first-order valence-corrected chi connectivity index (χ1v) is 11.4. The average molecular weight is 490 g/mol. The van der Waals surface area contributed by atoms with Gasteiger partial charge >= 0.3 is 6.36 Å². The number of halogens is 3. The van der Waals surface area contributed by atoms with Crippen molar-refractivity contribution in [3.8, 4) is 11.5 Å². The summed E-state index contributed by atoms with van der Waals surface area (Å²) < 4.78 is 44.7. The largest absolute Gasteiger partial charge is 0.573 e. The zero-order valence-corrected chi connectivity index (χ0v) is 19.8. The molecule has 4 rings (SSSR count). The Kier molecular flexibility index (Phi) is 9.54. The predicted molar refractivity (Wildman–Crippen MR) is 130 cm³/mol. The third-order valence-corrected chi connectivity index (χ3v) is 5.12. The second kappa shape index (κ2) is 12.8. The molecule has 0 amide bonds. The van der Waals surface area contributed by atoms with E-state index in [9.17, 15) is 13.2 Å². The van der Waals surface area contributed by atoms with Gasteiger partial charge < -0.3 is 20.1 Å². The summed E-state index contributed by atoms with van der Waals surface area (Å²) in [7, 11) is 1.62. The van der Waals surface area contributed by atoms with Crippen molar-refractivity contribution in [2.45, 2.75) is 26.1 Å². The minimum Gasteiger partial charge on any atom is -0.492 e. The number of ether oxygens (including phenoxy) is 2. The fourth-order valence-electron chi connectivity index (χ4n) is 3.37. The Morgan fingerprint density at radius 1 is 0.943 bits per heavy atom. The summed E-state index contributed by atoms with van der Waals surface area (Å²) in [5.41, 5.74) is 2.57. The highest BCUT2D eigenvalue weighted by Gasteiger charge is 2.31. The topological polar surface area (TPSA) is 71.5 Å². The van der Waals surface area contributed by atoms with E-state index in [1.54, 1.807) is 25.5 Å². The van der Waals surface area contributed by atoms with Gasteiger partial charge in [0, 0.05) is 43.4 Å². The third-order valence-electron chi connectivity index (χ3n) is 5.12. The van der Waals surface area contributed by atoms with Gasteiger partial charge in [0.2, 0.25) is 5.95 Å². The highest BCUT2D eigenvalue weighted by atomic mass is 19.4. The number of aromatic nitrogens is 2. The summed E-state index contributed by atoms with van der Waals surface area (Å²) in [6.07, 6.45) is 1.60. The molecule has 1 aliphatic rings. The molecule has 0 radical (unpaired) electrons. The highest BCUT2D eigenvalue weighted by Crippen LogP contribution is 2.24. The van der Waals surface area contributed by atoms with Crippen LogP contribution in [0.3, 0.4) is 0 Å². The molecule has 2 aromatic carbocycles. The van der Waals surface area contributed by atoms with Gasteiger partial charge in [-0.2, -0.15) is 0 Å². The van der Waals surface area contributed by atoms with Gasteiger partial charge in [-0.25, -0.2) is 9.97 Å². The maximum atomic E-state index is 11.7. The van der Waals surface area contributed by atoms with E-state index in [2.05, 4.69) is 30.2 Å². The number of nitrogens with zero attached hydrogens (tertiary/aromatic N) is 3. The molecule has 0 unspecified atom stereocenters. The Bertz CT molecular complexity index is 1020. The number of likely N-dealkylation sites (tertiary alicyclic amines) is 1. The van der Waals surface area contributed by atoms with Gasteiger partial charge in [-0.05, 0) is 74.8 Å². The monoisotopic (exact) mass is 489 g/mol. The van der Waals surface area contributed by atoms with E-state index in [0.29, 0.717) is 11.6 Å². The number of rotatable bonds is 8. The third kappa shape index (κ3) is 9.70. The molecule has 7 nitrogen and oxygen atoms in total. The van der Waals surface area contributed by atoms with Gasteiger partial charge in [-0.1, -0.05) is 6.07 Å². The van der Waals surface area contributed by atoms with E-state index in [0.717, 1.165) is 30.2 Å². The minimum atomic E-state index is -4.63. The first kappa shape index (κ1) is 26.1. The van der Waals surface area contributed by atoms with Crippen LogP contribution >= 0.6 is 0 Å². The maximum Gasteiger partial charge on any atom is 0.573 e. The Morgan fingerprint density at radius 2 is 1.63 bits per heavy atom. The molecule has 1 fully saturated rings. The summed E-state index contributed by atoms with van der Waals surface area (Å²) in [6, 6.07) is 13.5. The van der Waals surface area contributed by atoms with Crippen molar-refractivity contribution in [1.29, 1.82) is 0 Å². The number of hydrogen-bond acceptors (Lipinski definition) is 7. The fraction of sp³-hybridized carbons (Fsp3) is 0.360. The number of nitrogens with one attached hydrogen (secondary N) is 2. The molecule has 2 N–H and O–H groups in total. The van der Waals surface area contributed by atoms with Crippen LogP contribution in [0, 0.1) is 6.92 Å². The summed E-state index contributed by atoms with van der Waals surface area (Å²) >= 11 is 0. The van der Waals surface area contributed by atoms with Crippen LogP contribution in [0.2, 0.25) is 0 Å². The second-order valence-corrected chi connectivity index (χ2v) is 7.96. The van der Waals surface area contributed by atoms with E-state index in [-0.39, 0.29) is 5.75 Å². The van der Waals surface area contributed by atoms with Crippen molar-refractivity contribution in [2.75, 3.05) is 43.9 Å². The van der Waals surface area contributed by atoms with E-state index in [1.165, 1.54) is 44.1 Å². The quantitative estimate of drug-likeness (QED) is 0.425. The van der Waals surface area contributed by atoms with Crippen LogP contribution in [0.5, 0.6) is 11.5 Å². The van der Waals surface area contributed by atoms with Crippen LogP contribution in [0.1, 0.15) is 18.4 Å². The summed E-state index contributed by atoms with van der Waals surface area (Å²) in [4.78, 5) is 10.9. The molecule has 0 saturated carbocycles. The summed E-state index contributed by atoms with van der Waals surface area (Å²) in [5.74, 6) is 1.28. The number of anilines is 3. The fourth-order valence-corrected chi connectivity index (χ4v) is 3.37. The number of alkyl halides is 3. The lowest BCUT2D eigenvalue weighted by atomic mass is 10.3. The zero-order chi connectivity index (χ0) is 25.1. The van der Waals surface area contributed by atoms with Gasteiger partial charge in [0.1, 0.15) is 18.1 Å². The van der Waals surface area contributed by atoms with Gasteiger partial charge in [0.25, 0.3) is 0 Å². The number of aryl methyl sites for hydroxylation is 1. The first-order valence-electron chi connectivity index (χ1n) is 11.4. The standard InChI is InChI=1S/C17H22N4O.C8H8F3NO/c1-14-12-18-17(19-13-14)20-15-4-6-16(7-5-15)22-11-10-21-8-2-3-9-21;1-12-6-3-2-4-7(5-6)13-8(9,10)11/h4-7,12-13H,2-3,8-11H2,1H3,(H,18,19,20);2-5,12H,1H3. The maximum absolute atomic E-state index is 11.7. The Morgan fingerprint density at radius 3 is 2.26 bits per heavy atom. The molecular weight excluding hydrogens is 459 g/mol. The Hall–Kier alpha value is -3.53. The van der Waals surface area contributed by atoms with Crippen LogP contribution in [0.4, 0.5) is 30.5 Å². The normalized spacial score (nSPS) is 13.5. The predicted octanol–water partition coefficient (Wildman–Crippen LogP) is 5.63. The molecule has 35 heavy (non-hydrogen) atoms. The molecule has 1 saturated heterocycles. The molecule has 0 bridgehead atoms. The van der Waals surface area contributed by atoms with Gasteiger partial charge in [-0.15, -0.1) is 13.2 Å². The van der Waals surface area contributed by atoms with Crippen LogP contribution < -0.4 is 20.1 Å². The number of benzene rings is 2. The average Bonchev–Trinajstić information content (AvgIpc) is 3.35. The van der Waals surface area contributed by atoms with Crippen LogP contribution in [0.15, 0.2) is 60.9 Å². The lowest BCUT2D eigenvalue weighted by molar-refractivity contribution is -0.274. The van der Waals surface area contributed by atoms with Crippen molar-refractivity contribution in [2.24, 2.45) is 0 Å². The summed E-state index contributed by atoms with van der Waals surface area (Å²) in [6.45, 7) is 6.15. The number of hydrogen-bond donors (Lipinski definition) is 2. The van der Waals surface area contributed by atoms with Gasteiger partial charge in [-0.3, -0.25) is 4.90 Å². The molecule has 0 aliphatic carbocycles. The molecule has 0 atom stereocenters. The Balaban J connectivity index is 0.000000225. The molecule has 1 aromatic heterocycles. The van der Waals surface area contributed by atoms with E-state index >= 15 is 0 Å². The van der Waals surface area contributed by atoms with Crippen molar-refractivity contribution in [3.05, 3.63) is 66.5 Å². The lowest BCUT2D eigenvalue weighted by Crippen LogP contribution is -2.25. The van der Waals surface area contributed by atoms with Crippen molar-refractivity contribution >= 4 is 17.3 Å². The molecular formula is C25H30F3N5O2. The smallest absolute Gasteiger partial charge is 0.492 e. The second-order valence-electron chi connectivity index (χ2n) is 7.96. The van der Waals surface area contributed by atoms with Gasteiger partial charge in [0.15, 0.2) is 0 Å². The van der Waals surface area contributed by atoms with Gasteiger partial charge in [0.05, 0.1) is 0 Å². The molecule has 1 aliphatic heterocycles. The first-order chi connectivity index (χ1) is 16.8. The molecule has 188 valence electrons. The highest BCUT2D eigenvalue weighted by molar-refractivity contribution is 5.54. The van der Waals surface area contributed by atoms with Crippen molar-refractivity contribution in [3.63, 3.8) is 0 Å². The Labute approximate surface area is 203 Å². The van der Waals surface area contributed by atoms with Crippen molar-refractivity contribution < 1.29 is 22.6 Å². The molecule has 10 heteroatoms. The van der Waals surface area contributed by atoms with E-state index < -0.39 is 6.36 Å². The molecule has 3 aromatic rings.